The smallest absolute Gasteiger partial charge is 0.0622 e. The number of fused-ring (bicyclic) bond motifs is 6. The second-order valence-electron chi connectivity index (χ2n) is 13.2. The molecule has 230 valence electrons. The Morgan fingerprint density at radius 2 is 0.959 bits per heavy atom. The Kier molecular flexibility index (Phi) is 4.24. The Balaban J connectivity index is 1.44. The lowest BCUT2D eigenvalue weighted by Crippen LogP contribution is -2.23. The van der Waals surface area contributed by atoms with Gasteiger partial charge in [0.2, 0.25) is 0 Å². The average Bonchev–Trinajstić information content (AvgIpc) is 3.25. The molecule has 0 aliphatic heterocycles. The molecule has 10 rings (SSSR count). The topological polar surface area (TPSA) is 0 Å². The fourth-order valence-electron chi connectivity index (χ4n) is 8.34. The van der Waals surface area contributed by atoms with Crippen molar-refractivity contribution < 1.29 is 13.7 Å². The van der Waals surface area contributed by atoms with Crippen LogP contribution in [0.2, 0.25) is 0 Å². The summed E-state index contributed by atoms with van der Waals surface area (Å²) >= 11 is 0. The molecule has 0 spiro atoms. The van der Waals surface area contributed by atoms with Gasteiger partial charge in [-0.2, -0.15) is 0 Å². The number of benzene rings is 9. The van der Waals surface area contributed by atoms with E-state index in [2.05, 4.69) is 68.4 Å². The van der Waals surface area contributed by atoms with E-state index in [0.29, 0.717) is 32.7 Å². The van der Waals surface area contributed by atoms with Gasteiger partial charge < -0.3 is 0 Å². The summed E-state index contributed by atoms with van der Waals surface area (Å²) in [4.78, 5) is 0. The largest absolute Gasteiger partial charge is 0.0629 e. The Morgan fingerprint density at radius 1 is 0.367 bits per heavy atom. The minimum Gasteiger partial charge on any atom is -0.0622 e. The molecule has 0 nitrogen and oxygen atoms in total. The summed E-state index contributed by atoms with van der Waals surface area (Å²) in [7, 11) is 0. The van der Waals surface area contributed by atoms with Gasteiger partial charge in [0, 0.05) is 5.41 Å². The van der Waals surface area contributed by atoms with E-state index < -0.39 is 36.3 Å². The Labute approximate surface area is 301 Å². The van der Waals surface area contributed by atoms with Crippen molar-refractivity contribution in [3.63, 3.8) is 0 Å². The van der Waals surface area contributed by atoms with Crippen LogP contribution in [0.4, 0.5) is 0 Å². The van der Waals surface area contributed by atoms with Crippen LogP contribution in [0.1, 0.15) is 38.7 Å². The molecule has 1 aliphatic rings. The van der Waals surface area contributed by atoms with E-state index in [4.69, 9.17) is 13.7 Å². The molecule has 0 amide bonds. The third kappa shape index (κ3) is 3.98. The lowest BCUT2D eigenvalue weighted by atomic mass is 9.68. The van der Waals surface area contributed by atoms with Crippen molar-refractivity contribution in [1.29, 1.82) is 0 Å². The fourth-order valence-corrected chi connectivity index (χ4v) is 8.34. The van der Waals surface area contributed by atoms with Crippen LogP contribution >= 0.6 is 0 Å². The van der Waals surface area contributed by atoms with Crippen molar-refractivity contribution in [2.45, 2.75) is 19.3 Å². The maximum Gasteiger partial charge on any atom is 0.0629 e. The lowest BCUT2D eigenvalue weighted by Gasteiger charge is -2.35. The van der Waals surface area contributed by atoms with Crippen molar-refractivity contribution >= 4 is 43.1 Å². The summed E-state index contributed by atoms with van der Waals surface area (Å²) in [6, 6.07) is 32.4. The Bertz CT molecular complexity index is 3310. The zero-order valence-corrected chi connectivity index (χ0v) is 26.9. The molecule has 1 aliphatic carbocycles. The molecule has 0 heteroatoms. The molecular weight excluding hydrogens is 589 g/mol. The van der Waals surface area contributed by atoms with Gasteiger partial charge in [-0.1, -0.05) is 183 Å². The van der Waals surface area contributed by atoms with Gasteiger partial charge in [0.05, 0.1) is 13.7 Å². The maximum absolute atomic E-state index is 9.17. The highest BCUT2D eigenvalue weighted by Crippen LogP contribution is 2.53. The van der Waals surface area contributed by atoms with Gasteiger partial charge in [-0.05, 0) is 98.7 Å². The first-order valence-corrected chi connectivity index (χ1v) is 16.5. The molecule has 0 saturated heterocycles. The first-order valence-electron chi connectivity index (χ1n) is 21.5. The van der Waals surface area contributed by atoms with E-state index in [1.807, 2.05) is 48.5 Å². The van der Waals surface area contributed by atoms with E-state index in [9.17, 15) is 0 Å². The average molecular weight is 633 g/mol. The molecule has 0 saturated carbocycles. The Hall–Kier alpha value is -5.98. The lowest BCUT2D eigenvalue weighted by molar-refractivity contribution is 0.645. The van der Waals surface area contributed by atoms with Crippen LogP contribution in [0.25, 0.3) is 87.6 Å². The van der Waals surface area contributed by atoms with Gasteiger partial charge in [-0.15, -0.1) is 0 Å². The molecule has 49 heavy (non-hydrogen) atoms. The van der Waals surface area contributed by atoms with Crippen LogP contribution in [0.15, 0.2) is 170 Å². The maximum atomic E-state index is 9.17. The van der Waals surface area contributed by atoms with Crippen LogP contribution in [-0.2, 0) is 5.41 Å². The molecule has 0 bridgehead atoms. The highest BCUT2D eigenvalue weighted by molar-refractivity contribution is 6.30. The molecule has 0 radical (unpaired) electrons. The predicted molar refractivity (Wildman–Crippen MR) is 210 cm³/mol. The predicted octanol–water partition coefficient (Wildman–Crippen LogP) is 13.6. The molecule has 9 aromatic carbocycles. The monoisotopic (exact) mass is 632 g/mol. The molecule has 0 unspecified atom stereocenters. The van der Waals surface area contributed by atoms with Crippen molar-refractivity contribution in [3.05, 3.63) is 181 Å². The SMILES string of the molecule is [2H]c1c([2H])c([2H])c(-c2cccc3c2ccc2c(-c4c([2H])c([2H])c([2H])c([2H])c4[2H])c4ccccc4c(-c4ccc5c6c(cccc46)-c4ccccc4C5(C)C)c23)c([2H])c1[2H]. The summed E-state index contributed by atoms with van der Waals surface area (Å²) in [6.07, 6.45) is 0. The van der Waals surface area contributed by atoms with Gasteiger partial charge in [-0.3, -0.25) is 0 Å². The molecule has 9 aromatic rings. The standard InChI is InChI=1S/C49H34/c1-49(2)43-26-12-11-19-35(43)37-24-14-25-39-41(29-30-44(49)46(37)39)47-40-21-10-9-20-38(40)45(32-17-7-4-8-18-32)42-28-27-34-33(31-15-5-3-6-16-31)22-13-23-36(34)48(42)47/h3-30H,1-2H3/i3D,4D,5D,6D,7D,8D,15D,16D,17D,18D. The zero-order valence-electron chi connectivity index (χ0n) is 36.9. The van der Waals surface area contributed by atoms with E-state index in [-0.39, 0.29) is 40.7 Å². The van der Waals surface area contributed by atoms with Gasteiger partial charge >= 0.3 is 0 Å². The van der Waals surface area contributed by atoms with E-state index in [0.717, 1.165) is 38.2 Å². The first-order chi connectivity index (χ1) is 28.2. The minimum absolute atomic E-state index is 0.0802. The normalized spacial score (nSPS) is 16.1. The van der Waals surface area contributed by atoms with E-state index >= 15 is 0 Å². The van der Waals surface area contributed by atoms with Crippen molar-refractivity contribution in [2.24, 2.45) is 0 Å². The molecule has 0 heterocycles. The number of hydrogen-bond donors (Lipinski definition) is 0. The van der Waals surface area contributed by atoms with E-state index in [1.54, 1.807) is 6.07 Å². The molecular formula is C49H34. The second kappa shape index (κ2) is 10.5. The third-order valence-electron chi connectivity index (χ3n) is 10.4. The number of rotatable bonds is 3. The van der Waals surface area contributed by atoms with E-state index in [1.165, 1.54) is 16.7 Å². The van der Waals surface area contributed by atoms with Gasteiger partial charge in [0.1, 0.15) is 0 Å². The minimum atomic E-state index is -0.476. The van der Waals surface area contributed by atoms with Crippen LogP contribution in [0, 0.1) is 0 Å². The van der Waals surface area contributed by atoms with Crippen molar-refractivity contribution in [2.75, 3.05) is 0 Å². The summed E-state index contributed by atoms with van der Waals surface area (Å²) in [6.45, 7) is 4.51. The summed E-state index contributed by atoms with van der Waals surface area (Å²) in [5.41, 5.74) is 7.37. The van der Waals surface area contributed by atoms with Crippen molar-refractivity contribution in [3.8, 4) is 44.5 Å². The highest BCUT2D eigenvalue weighted by Gasteiger charge is 2.34. The van der Waals surface area contributed by atoms with Crippen LogP contribution in [0.3, 0.4) is 0 Å². The van der Waals surface area contributed by atoms with Gasteiger partial charge in [-0.25, -0.2) is 0 Å². The van der Waals surface area contributed by atoms with Gasteiger partial charge in [0.25, 0.3) is 0 Å². The van der Waals surface area contributed by atoms with Crippen LogP contribution in [-0.4, -0.2) is 0 Å². The Morgan fingerprint density at radius 3 is 1.73 bits per heavy atom. The second-order valence-corrected chi connectivity index (χ2v) is 13.2. The molecule has 0 fully saturated rings. The summed E-state index contributed by atoms with van der Waals surface area (Å²) < 4.78 is 87.2. The van der Waals surface area contributed by atoms with Crippen LogP contribution < -0.4 is 0 Å². The highest BCUT2D eigenvalue weighted by atomic mass is 14.4. The van der Waals surface area contributed by atoms with Crippen molar-refractivity contribution in [1.82, 2.24) is 0 Å². The molecule has 0 N–H and O–H groups in total. The quantitative estimate of drug-likeness (QED) is 0.134. The first kappa shape index (κ1) is 19.7. The molecule has 0 aromatic heterocycles. The zero-order chi connectivity index (χ0) is 41.4. The summed E-state index contributed by atoms with van der Waals surface area (Å²) in [5, 5.41) is 6.43. The molecule has 0 atom stereocenters. The fraction of sp³-hybridized carbons (Fsp3) is 0.0612. The number of hydrogen-bond acceptors (Lipinski definition) is 0. The summed E-state index contributed by atoms with van der Waals surface area (Å²) in [5.74, 6) is 0. The van der Waals surface area contributed by atoms with Gasteiger partial charge in [0.15, 0.2) is 0 Å². The van der Waals surface area contributed by atoms with Crippen LogP contribution in [0.5, 0.6) is 0 Å². The third-order valence-corrected chi connectivity index (χ3v) is 10.4.